The Labute approximate surface area is 263 Å². The molecule has 1 aliphatic heterocycles. The van der Waals surface area contributed by atoms with Gasteiger partial charge in [-0.2, -0.15) is 0 Å². The first-order valence-electron chi connectivity index (χ1n) is 14.5. The second kappa shape index (κ2) is 9.03. The summed E-state index contributed by atoms with van der Waals surface area (Å²) in [4.78, 5) is 5.29. The maximum absolute atomic E-state index is 4.23. The molecule has 0 bridgehead atoms. The molecule has 43 heavy (non-hydrogen) atoms. The van der Waals surface area contributed by atoms with E-state index < -0.39 is 0 Å². The maximum Gasteiger partial charge on any atom is 0.0692 e. The van der Waals surface area contributed by atoms with Crippen molar-refractivity contribution in [3.8, 4) is 5.69 Å². The lowest BCUT2D eigenvalue weighted by atomic mass is 9.79. The monoisotopic (exact) mass is 605 g/mol. The van der Waals surface area contributed by atoms with Gasteiger partial charge < -0.3 is 4.57 Å². The highest BCUT2D eigenvalue weighted by Crippen LogP contribution is 2.56. The molecule has 0 amide bonds. The number of allylic oxidation sites excluding steroid dienone is 4. The van der Waals surface area contributed by atoms with E-state index in [1.807, 2.05) is 47.0 Å². The summed E-state index contributed by atoms with van der Waals surface area (Å²) in [7, 11) is 0. The minimum atomic E-state index is -0.201. The van der Waals surface area contributed by atoms with Crippen LogP contribution in [0.1, 0.15) is 25.0 Å². The molecular formula is C39H27NS3. The number of hydrogen-bond donors (Lipinski definition) is 0. The highest BCUT2D eigenvalue weighted by Gasteiger charge is 2.39. The van der Waals surface area contributed by atoms with Gasteiger partial charge in [0.05, 0.1) is 26.3 Å². The molecule has 0 saturated heterocycles. The molecule has 2 aliphatic rings. The van der Waals surface area contributed by atoms with Gasteiger partial charge in [0, 0.05) is 46.3 Å². The summed E-state index contributed by atoms with van der Waals surface area (Å²) in [6, 6.07) is 33.8. The number of fused-ring (bicyclic) bond motifs is 11. The van der Waals surface area contributed by atoms with Gasteiger partial charge in [-0.1, -0.05) is 117 Å². The Bertz CT molecular complexity index is 2410. The topological polar surface area (TPSA) is 4.93 Å². The predicted octanol–water partition coefficient (Wildman–Crippen LogP) is 12.2. The molecule has 0 spiro atoms. The summed E-state index contributed by atoms with van der Waals surface area (Å²) in [5.74, 6) is 0. The normalized spacial score (nSPS) is 15.3. The van der Waals surface area contributed by atoms with E-state index in [-0.39, 0.29) is 5.41 Å². The number of benzene rings is 5. The minimum absolute atomic E-state index is 0.201. The summed E-state index contributed by atoms with van der Waals surface area (Å²) in [6.07, 6.45) is 4.05. The zero-order valence-electron chi connectivity index (χ0n) is 23.9. The Morgan fingerprint density at radius 1 is 0.698 bits per heavy atom. The molecule has 2 aromatic heterocycles. The molecule has 9 rings (SSSR count). The second-order valence-electron chi connectivity index (χ2n) is 11.8. The summed E-state index contributed by atoms with van der Waals surface area (Å²) >= 11 is 5.69. The van der Waals surface area contributed by atoms with Crippen molar-refractivity contribution >= 4 is 82.4 Å². The molecule has 0 radical (unpaired) electrons. The van der Waals surface area contributed by atoms with Gasteiger partial charge in [-0.05, 0) is 58.7 Å². The first kappa shape index (κ1) is 25.5. The first-order chi connectivity index (χ1) is 21.0. The van der Waals surface area contributed by atoms with Crippen molar-refractivity contribution in [3.05, 3.63) is 133 Å². The number of aromatic nitrogens is 1. The van der Waals surface area contributed by atoms with E-state index >= 15 is 0 Å². The second-order valence-corrected chi connectivity index (χ2v) is 15.0. The van der Waals surface area contributed by atoms with Gasteiger partial charge in [0.25, 0.3) is 0 Å². The van der Waals surface area contributed by atoms with Crippen LogP contribution in [0.15, 0.2) is 141 Å². The van der Waals surface area contributed by atoms with E-state index in [1.54, 1.807) is 0 Å². The van der Waals surface area contributed by atoms with Crippen LogP contribution in [-0.2, 0) is 5.41 Å². The van der Waals surface area contributed by atoms with E-state index in [0.717, 1.165) is 0 Å². The molecule has 1 aliphatic carbocycles. The van der Waals surface area contributed by atoms with Crippen LogP contribution in [0.3, 0.4) is 0 Å². The fraction of sp³-hybridized carbons (Fsp3) is 0.0769. The molecule has 0 atom stereocenters. The number of hydrogen-bond acceptors (Lipinski definition) is 3. The van der Waals surface area contributed by atoms with E-state index in [0.29, 0.717) is 0 Å². The van der Waals surface area contributed by atoms with Gasteiger partial charge in [-0.25, -0.2) is 0 Å². The van der Waals surface area contributed by atoms with E-state index in [9.17, 15) is 0 Å². The standard InChI is InChI=1S/C39H27NS3/c1-5-22-24-18-20-28-34(35(24)39(3,4)27(22)6-2)26-19-21-33-38(43-32-17-10-9-16-31(32)41-33)36(26)40(28)29-14-11-13-25-23-12-7-8-15-30(23)42-37(25)29/h5-21H,1-2H2,3-4H3. The molecule has 0 fully saturated rings. The van der Waals surface area contributed by atoms with Gasteiger partial charge >= 0.3 is 0 Å². The summed E-state index contributed by atoms with van der Waals surface area (Å²) in [5, 5.41) is 5.27. The van der Waals surface area contributed by atoms with Crippen LogP contribution in [-0.4, -0.2) is 4.57 Å². The Morgan fingerprint density at radius 3 is 2.28 bits per heavy atom. The molecule has 3 heterocycles. The molecule has 206 valence electrons. The lowest BCUT2D eigenvalue weighted by molar-refractivity contribution is 0.661. The quantitative estimate of drug-likeness (QED) is 0.197. The van der Waals surface area contributed by atoms with Gasteiger partial charge in [0.2, 0.25) is 0 Å². The van der Waals surface area contributed by atoms with E-state index in [1.165, 1.54) is 89.5 Å². The van der Waals surface area contributed by atoms with E-state index in [4.69, 9.17) is 0 Å². The van der Waals surface area contributed by atoms with Crippen molar-refractivity contribution < 1.29 is 0 Å². The van der Waals surface area contributed by atoms with Gasteiger partial charge in [0.15, 0.2) is 0 Å². The number of rotatable bonds is 3. The van der Waals surface area contributed by atoms with Crippen molar-refractivity contribution in [2.45, 2.75) is 38.8 Å². The zero-order chi connectivity index (χ0) is 29.0. The molecule has 7 aromatic rings. The van der Waals surface area contributed by atoms with Crippen LogP contribution in [0.5, 0.6) is 0 Å². The van der Waals surface area contributed by atoms with Crippen molar-refractivity contribution in [2.75, 3.05) is 0 Å². The molecule has 0 N–H and O–H groups in total. The Balaban J connectivity index is 1.47. The van der Waals surface area contributed by atoms with Crippen LogP contribution in [0.25, 0.3) is 53.2 Å². The van der Waals surface area contributed by atoms with Crippen molar-refractivity contribution in [1.29, 1.82) is 0 Å². The molecule has 1 nitrogen and oxygen atoms in total. The lowest BCUT2D eigenvalue weighted by Gasteiger charge is -2.24. The van der Waals surface area contributed by atoms with Crippen LogP contribution in [0.2, 0.25) is 0 Å². The molecule has 4 heteroatoms. The smallest absolute Gasteiger partial charge is 0.0692 e. The molecular weight excluding hydrogens is 579 g/mol. The summed E-state index contributed by atoms with van der Waals surface area (Å²) in [6.45, 7) is 13.1. The summed E-state index contributed by atoms with van der Waals surface area (Å²) < 4.78 is 5.22. The summed E-state index contributed by atoms with van der Waals surface area (Å²) in [5.41, 5.74) is 8.66. The van der Waals surface area contributed by atoms with E-state index in [2.05, 4.69) is 123 Å². The Morgan fingerprint density at radius 2 is 1.47 bits per heavy atom. The minimum Gasteiger partial charge on any atom is -0.307 e. The first-order valence-corrected chi connectivity index (χ1v) is 17.0. The number of thiophene rings is 1. The van der Waals surface area contributed by atoms with Crippen molar-refractivity contribution in [2.24, 2.45) is 0 Å². The predicted molar refractivity (Wildman–Crippen MR) is 189 cm³/mol. The third kappa shape index (κ3) is 3.32. The highest BCUT2D eigenvalue weighted by atomic mass is 32.2. The average molecular weight is 606 g/mol. The molecule has 0 unspecified atom stereocenters. The Kier molecular flexibility index (Phi) is 5.36. The average Bonchev–Trinajstić information content (AvgIpc) is 3.65. The van der Waals surface area contributed by atoms with Gasteiger partial charge in [-0.3, -0.25) is 0 Å². The van der Waals surface area contributed by atoms with Crippen LogP contribution >= 0.6 is 34.9 Å². The maximum atomic E-state index is 4.23. The number of nitrogens with zero attached hydrogens (tertiary/aromatic N) is 1. The third-order valence-corrected chi connectivity index (χ3v) is 13.0. The largest absolute Gasteiger partial charge is 0.307 e. The Hall–Kier alpha value is -3.96. The lowest BCUT2D eigenvalue weighted by Crippen LogP contribution is -2.16. The van der Waals surface area contributed by atoms with Crippen molar-refractivity contribution in [3.63, 3.8) is 0 Å². The van der Waals surface area contributed by atoms with Crippen LogP contribution in [0, 0.1) is 0 Å². The van der Waals surface area contributed by atoms with Crippen LogP contribution in [0.4, 0.5) is 0 Å². The highest BCUT2D eigenvalue weighted by molar-refractivity contribution is 8.05. The fourth-order valence-electron chi connectivity index (χ4n) is 7.41. The van der Waals surface area contributed by atoms with Gasteiger partial charge in [-0.15, -0.1) is 11.3 Å². The SMILES string of the molecule is C=CC1=C(C=C)C(C)(C)c2c1ccc1c2c2ccc3c(c2n1-c1cccc2c1sc1ccccc12)Sc1ccccc1S3. The van der Waals surface area contributed by atoms with Crippen LogP contribution < -0.4 is 0 Å². The molecule has 0 saturated carbocycles. The van der Waals surface area contributed by atoms with Crippen molar-refractivity contribution in [1.82, 2.24) is 4.57 Å². The van der Waals surface area contributed by atoms with Gasteiger partial charge in [0.1, 0.15) is 0 Å². The third-order valence-electron chi connectivity index (χ3n) is 9.20. The molecule has 5 aromatic carbocycles. The zero-order valence-corrected chi connectivity index (χ0v) is 26.4. The fourth-order valence-corrected chi connectivity index (χ4v) is 11.0.